The van der Waals surface area contributed by atoms with Gasteiger partial charge < -0.3 is 14.4 Å². The van der Waals surface area contributed by atoms with E-state index in [1.165, 1.54) is 4.90 Å². The third-order valence-corrected chi connectivity index (χ3v) is 8.37. The van der Waals surface area contributed by atoms with Crippen LogP contribution in [-0.2, 0) is 0 Å². The van der Waals surface area contributed by atoms with Crippen LogP contribution < -0.4 is 14.4 Å². The van der Waals surface area contributed by atoms with Gasteiger partial charge in [0.1, 0.15) is 29.1 Å². The number of hydrogen-bond donors (Lipinski definition) is 0. The highest BCUT2D eigenvalue weighted by molar-refractivity contribution is 9.10. The van der Waals surface area contributed by atoms with Gasteiger partial charge in [0.05, 0.1) is 28.5 Å². The third-order valence-electron chi connectivity index (χ3n) is 7.04. The molecule has 0 aliphatic carbocycles. The van der Waals surface area contributed by atoms with Gasteiger partial charge >= 0.3 is 6.01 Å². The molecule has 0 unspecified atom stereocenters. The summed E-state index contributed by atoms with van der Waals surface area (Å²) in [7, 11) is 0. The Morgan fingerprint density at radius 2 is 2.15 bits per heavy atom. The van der Waals surface area contributed by atoms with Crippen molar-refractivity contribution in [3.8, 4) is 11.8 Å². The first-order chi connectivity index (χ1) is 16.2. The molecule has 4 heterocycles. The van der Waals surface area contributed by atoms with Gasteiger partial charge in [0.15, 0.2) is 11.6 Å². The summed E-state index contributed by atoms with van der Waals surface area (Å²) in [5.74, 6) is -0.558. The first-order valence-electron chi connectivity index (χ1n) is 11.3. The second-order valence-electron chi connectivity index (χ2n) is 9.22. The SMILES string of the molecule is C[C@@H]1CCOc2c(Cl)c(Br)c(F)c3nc(OC[C@@]45CCCN4C[C@H](F)C5)nc(c23)N1CC(F)F. The van der Waals surface area contributed by atoms with Gasteiger partial charge in [0, 0.05) is 25.4 Å². The Kier molecular flexibility index (Phi) is 6.48. The highest BCUT2D eigenvalue weighted by Gasteiger charge is 2.49. The van der Waals surface area contributed by atoms with Crippen LogP contribution in [0.2, 0.25) is 5.02 Å². The Hall–Kier alpha value is -1.59. The molecule has 0 amide bonds. The maximum Gasteiger partial charge on any atom is 0.319 e. The van der Waals surface area contributed by atoms with E-state index in [2.05, 4.69) is 30.8 Å². The molecule has 3 atom stereocenters. The van der Waals surface area contributed by atoms with E-state index in [9.17, 15) is 13.2 Å². The van der Waals surface area contributed by atoms with Gasteiger partial charge in [0.25, 0.3) is 6.43 Å². The van der Waals surface area contributed by atoms with Crippen LogP contribution in [0.5, 0.6) is 11.8 Å². The molecule has 0 radical (unpaired) electrons. The van der Waals surface area contributed by atoms with Gasteiger partial charge in [-0.2, -0.15) is 9.97 Å². The number of alkyl halides is 3. The van der Waals surface area contributed by atoms with E-state index in [1.807, 2.05) is 0 Å². The number of anilines is 1. The van der Waals surface area contributed by atoms with Crippen LogP contribution in [0, 0.1) is 5.82 Å². The van der Waals surface area contributed by atoms with Crippen LogP contribution in [0.25, 0.3) is 10.9 Å². The van der Waals surface area contributed by atoms with Crippen molar-refractivity contribution in [3.05, 3.63) is 15.3 Å². The molecule has 0 saturated carbocycles. The topological polar surface area (TPSA) is 50.7 Å². The van der Waals surface area contributed by atoms with Crippen molar-refractivity contribution in [1.82, 2.24) is 14.9 Å². The van der Waals surface area contributed by atoms with Crippen LogP contribution in [0.1, 0.15) is 32.6 Å². The van der Waals surface area contributed by atoms with Crippen molar-refractivity contribution in [1.29, 1.82) is 0 Å². The fraction of sp³-hybridized carbons (Fsp3) is 0.636. The summed E-state index contributed by atoms with van der Waals surface area (Å²) < 4.78 is 68.3. The quantitative estimate of drug-likeness (QED) is 0.357. The fourth-order valence-corrected chi connectivity index (χ4v) is 5.97. The Bertz CT molecular complexity index is 1110. The molecule has 186 valence electrons. The van der Waals surface area contributed by atoms with Gasteiger partial charge in [-0.05, 0) is 42.2 Å². The minimum Gasteiger partial charge on any atom is -0.491 e. The van der Waals surface area contributed by atoms with Crippen LogP contribution in [0.15, 0.2) is 4.47 Å². The largest absolute Gasteiger partial charge is 0.491 e. The number of hydrogen-bond acceptors (Lipinski definition) is 6. The minimum atomic E-state index is -2.65. The summed E-state index contributed by atoms with van der Waals surface area (Å²) in [6, 6.07) is -0.526. The van der Waals surface area contributed by atoms with E-state index in [0.717, 1.165) is 19.4 Å². The fourth-order valence-electron chi connectivity index (χ4n) is 5.37. The second kappa shape index (κ2) is 9.13. The molecule has 1 aromatic heterocycles. The number of benzene rings is 1. The predicted octanol–water partition coefficient (Wildman–Crippen LogP) is 5.38. The highest BCUT2D eigenvalue weighted by Crippen LogP contribution is 2.47. The Labute approximate surface area is 207 Å². The zero-order chi connectivity index (χ0) is 24.2. The van der Waals surface area contributed by atoms with E-state index in [-0.39, 0.29) is 57.2 Å². The molecule has 6 nitrogen and oxygen atoms in total. The lowest BCUT2D eigenvalue weighted by Gasteiger charge is -2.34. The molecule has 3 aliphatic rings. The molecule has 34 heavy (non-hydrogen) atoms. The molecule has 5 rings (SSSR count). The zero-order valence-corrected chi connectivity index (χ0v) is 20.8. The van der Waals surface area contributed by atoms with E-state index in [4.69, 9.17) is 21.1 Å². The number of ether oxygens (including phenoxy) is 2. The van der Waals surface area contributed by atoms with Crippen molar-refractivity contribution < 1.29 is 27.0 Å². The van der Waals surface area contributed by atoms with Crippen LogP contribution in [0.3, 0.4) is 0 Å². The van der Waals surface area contributed by atoms with Crippen molar-refractivity contribution in [2.24, 2.45) is 0 Å². The lowest BCUT2D eigenvalue weighted by molar-refractivity contribution is 0.107. The second-order valence-corrected chi connectivity index (χ2v) is 10.4. The average Bonchev–Trinajstić information content (AvgIpc) is 3.31. The molecule has 0 spiro atoms. The van der Waals surface area contributed by atoms with Gasteiger partial charge in [-0.15, -0.1) is 0 Å². The van der Waals surface area contributed by atoms with E-state index in [0.29, 0.717) is 19.4 Å². The Morgan fingerprint density at radius 1 is 1.35 bits per heavy atom. The van der Waals surface area contributed by atoms with Crippen LogP contribution >= 0.6 is 27.5 Å². The normalized spacial score (nSPS) is 27.1. The van der Waals surface area contributed by atoms with Crippen LogP contribution in [0.4, 0.5) is 23.4 Å². The molecule has 0 bridgehead atoms. The summed E-state index contributed by atoms with van der Waals surface area (Å²) in [5, 5.41) is 0.103. The number of rotatable bonds is 5. The average molecular weight is 568 g/mol. The molecule has 2 fully saturated rings. The summed E-state index contributed by atoms with van der Waals surface area (Å²) in [6.45, 7) is 2.64. The standard InChI is InChI=1S/C22H24BrClF4N4O2/c1-11-3-6-33-19-14-18(17(28)15(23)16(19)24)29-21(30-20(14)32(11)9-13(26)27)34-10-22-4-2-5-31(22)8-12(25)7-22/h11-13H,2-10H2,1H3/t11-,12-,22+/m1/s1. The van der Waals surface area contributed by atoms with E-state index >= 15 is 4.39 Å². The van der Waals surface area contributed by atoms with Gasteiger partial charge in [-0.3, -0.25) is 4.90 Å². The van der Waals surface area contributed by atoms with Crippen LogP contribution in [-0.4, -0.2) is 71.9 Å². The third kappa shape index (κ3) is 4.07. The van der Waals surface area contributed by atoms with Crippen molar-refractivity contribution in [2.45, 2.75) is 56.8 Å². The molecule has 2 saturated heterocycles. The summed E-state index contributed by atoms with van der Waals surface area (Å²) in [6.07, 6.45) is -1.12. The maximum absolute atomic E-state index is 15.3. The van der Waals surface area contributed by atoms with Crippen molar-refractivity contribution >= 4 is 44.3 Å². The predicted molar refractivity (Wildman–Crippen MR) is 124 cm³/mol. The monoisotopic (exact) mass is 566 g/mol. The number of nitrogens with zero attached hydrogens (tertiary/aromatic N) is 4. The highest BCUT2D eigenvalue weighted by atomic mass is 79.9. The Morgan fingerprint density at radius 3 is 2.91 bits per heavy atom. The van der Waals surface area contributed by atoms with Crippen molar-refractivity contribution in [2.75, 3.05) is 37.7 Å². The first-order valence-corrected chi connectivity index (χ1v) is 12.4. The van der Waals surface area contributed by atoms with Gasteiger partial charge in [-0.1, -0.05) is 11.6 Å². The summed E-state index contributed by atoms with van der Waals surface area (Å²) in [4.78, 5) is 12.2. The molecule has 3 aliphatic heterocycles. The van der Waals surface area contributed by atoms with Crippen molar-refractivity contribution in [3.63, 3.8) is 0 Å². The number of fused-ring (bicyclic) bond motifs is 1. The minimum absolute atomic E-state index is 0.0181. The lowest BCUT2D eigenvalue weighted by Crippen LogP contribution is -2.43. The van der Waals surface area contributed by atoms with E-state index in [1.54, 1.807) is 6.92 Å². The molecule has 12 heteroatoms. The van der Waals surface area contributed by atoms with Gasteiger partial charge in [-0.25, -0.2) is 17.6 Å². The van der Waals surface area contributed by atoms with Gasteiger partial charge in [0.2, 0.25) is 0 Å². The maximum atomic E-state index is 15.3. The zero-order valence-electron chi connectivity index (χ0n) is 18.5. The summed E-state index contributed by atoms with van der Waals surface area (Å²) >= 11 is 9.50. The molecular formula is C22H24BrClF4N4O2. The first kappa shape index (κ1) is 24.1. The number of aromatic nitrogens is 2. The number of halogens is 6. The smallest absolute Gasteiger partial charge is 0.319 e. The lowest BCUT2D eigenvalue weighted by atomic mass is 9.95. The Balaban J connectivity index is 1.62. The molecule has 1 aromatic carbocycles. The molecule has 2 aromatic rings. The van der Waals surface area contributed by atoms with E-state index < -0.39 is 30.5 Å². The summed E-state index contributed by atoms with van der Waals surface area (Å²) in [5.41, 5.74) is -0.609. The molecular weight excluding hydrogens is 544 g/mol. The molecule has 0 N–H and O–H groups in total.